The van der Waals surface area contributed by atoms with E-state index >= 15 is 0 Å². The lowest BCUT2D eigenvalue weighted by Crippen LogP contribution is -2.29. The molecule has 24 heavy (non-hydrogen) atoms. The normalized spacial score (nSPS) is 10.3. The second kappa shape index (κ2) is 8.36. The van der Waals surface area contributed by atoms with Crippen molar-refractivity contribution in [1.82, 2.24) is 5.32 Å². The first kappa shape index (κ1) is 17.8. The Morgan fingerprint density at radius 2 is 1.67 bits per heavy atom. The topological polar surface area (TPSA) is 70.2 Å². The Bertz CT molecular complexity index is 714. The van der Waals surface area contributed by atoms with Gasteiger partial charge in [0.05, 0.1) is 11.3 Å². The highest BCUT2D eigenvalue weighted by Crippen LogP contribution is 2.17. The Morgan fingerprint density at radius 3 is 2.33 bits per heavy atom. The summed E-state index contributed by atoms with van der Waals surface area (Å²) in [6.07, 6.45) is 0. The molecule has 0 aliphatic carbocycles. The molecule has 0 atom stereocenters. The number of carbonyl (C=O) groups excluding carboxylic acids is 2. The summed E-state index contributed by atoms with van der Waals surface area (Å²) in [6, 6.07) is 13.2. The average Bonchev–Trinajstić information content (AvgIpc) is 2.55. The van der Waals surface area contributed by atoms with Crippen LogP contribution in [0.3, 0.4) is 0 Å². The van der Waals surface area contributed by atoms with Gasteiger partial charge in [0.15, 0.2) is 0 Å². The maximum atomic E-state index is 12.2. The molecule has 3 amide bonds. The summed E-state index contributed by atoms with van der Waals surface area (Å²) >= 11 is 5.81. The zero-order valence-corrected chi connectivity index (χ0v) is 14.4. The zero-order chi connectivity index (χ0) is 17.5. The van der Waals surface area contributed by atoms with Crippen LogP contribution in [0.4, 0.5) is 16.2 Å². The summed E-state index contributed by atoms with van der Waals surface area (Å²) in [6.45, 7) is 4.61. The van der Waals surface area contributed by atoms with E-state index in [9.17, 15) is 9.59 Å². The Labute approximate surface area is 146 Å². The Kier molecular flexibility index (Phi) is 6.21. The molecule has 0 heterocycles. The van der Waals surface area contributed by atoms with Crippen LogP contribution in [-0.4, -0.2) is 18.5 Å². The first-order chi connectivity index (χ1) is 11.5. The standard InChI is InChI=1S/C18H20ClN3O2/c1-12(2)11-20-17(23)15-5-3-4-6-16(15)22-18(24)21-14-9-7-13(19)8-10-14/h3-10,12H,11H2,1-2H3,(H,20,23)(H2,21,22,24). The van der Waals surface area contributed by atoms with Gasteiger partial charge in [0.1, 0.15) is 0 Å². The van der Waals surface area contributed by atoms with Crippen LogP contribution in [0.25, 0.3) is 0 Å². The summed E-state index contributed by atoms with van der Waals surface area (Å²) in [5, 5.41) is 8.83. The van der Waals surface area contributed by atoms with E-state index in [0.29, 0.717) is 34.4 Å². The molecule has 0 saturated heterocycles. The Morgan fingerprint density at radius 1 is 1.00 bits per heavy atom. The van der Waals surface area contributed by atoms with Crippen LogP contribution in [0.5, 0.6) is 0 Å². The summed E-state index contributed by atoms with van der Waals surface area (Å²) in [5.41, 5.74) is 1.48. The number of anilines is 2. The molecule has 0 aromatic heterocycles. The molecule has 0 unspecified atom stereocenters. The second-order valence-corrected chi connectivity index (χ2v) is 6.17. The van der Waals surface area contributed by atoms with Crippen molar-refractivity contribution in [3.05, 3.63) is 59.1 Å². The number of amides is 3. The maximum absolute atomic E-state index is 12.2. The van der Waals surface area contributed by atoms with E-state index in [-0.39, 0.29) is 5.91 Å². The molecule has 0 aliphatic heterocycles. The smallest absolute Gasteiger partial charge is 0.323 e. The van der Waals surface area contributed by atoms with Gasteiger partial charge >= 0.3 is 6.03 Å². The summed E-state index contributed by atoms with van der Waals surface area (Å²) < 4.78 is 0. The van der Waals surface area contributed by atoms with Crippen molar-refractivity contribution < 1.29 is 9.59 Å². The molecule has 6 heteroatoms. The van der Waals surface area contributed by atoms with E-state index in [1.165, 1.54) is 0 Å². The van der Waals surface area contributed by atoms with Crippen LogP contribution in [0.2, 0.25) is 5.02 Å². The molecule has 3 N–H and O–H groups in total. The van der Waals surface area contributed by atoms with Crippen molar-refractivity contribution in [3.63, 3.8) is 0 Å². The first-order valence-electron chi connectivity index (χ1n) is 7.66. The molecule has 0 aliphatic rings. The minimum Gasteiger partial charge on any atom is -0.352 e. The Balaban J connectivity index is 2.05. The molecule has 0 fully saturated rings. The van der Waals surface area contributed by atoms with Gasteiger partial charge < -0.3 is 16.0 Å². The van der Waals surface area contributed by atoms with Crippen LogP contribution in [0.15, 0.2) is 48.5 Å². The molecule has 2 aromatic carbocycles. The maximum Gasteiger partial charge on any atom is 0.323 e. The van der Waals surface area contributed by atoms with Gasteiger partial charge in [-0.15, -0.1) is 0 Å². The van der Waals surface area contributed by atoms with Crippen LogP contribution < -0.4 is 16.0 Å². The lowest BCUT2D eigenvalue weighted by molar-refractivity contribution is 0.0950. The molecule has 0 bridgehead atoms. The van der Waals surface area contributed by atoms with Crippen molar-refractivity contribution >= 4 is 34.9 Å². The van der Waals surface area contributed by atoms with Crippen LogP contribution in [-0.2, 0) is 0 Å². The van der Waals surface area contributed by atoms with Gasteiger partial charge in [-0.25, -0.2) is 4.79 Å². The summed E-state index contributed by atoms with van der Waals surface area (Å²) in [7, 11) is 0. The summed E-state index contributed by atoms with van der Waals surface area (Å²) in [5.74, 6) is 0.133. The van der Waals surface area contributed by atoms with Gasteiger partial charge in [-0.1, -0.05) is 37.6 Å². The van der Waals surface area contributed by atoms with Crippen LogP contribution in [0, 0.1) is 5.92 Å². The van der Waals surface area contributed by atoms with Crippen LogP contribution >= 0.6 is 11.6 Å². The molecule has 5 nitrogen and oxygen atoms in total. The zero-order valence-electron chi connectivity index (χ0n) is 13.6. The number of rotatable bonds is 5. The van der Waals surface area contributed by atoms with Gasteiger partial charge in [0.25, 0.3) is 5.91 Å². The molecule has 2 aromatic rings. The highest BCUT2D eigenvalue weighted by Gasteiger charge is 2.13. The third kappa shape index (κ3) is 5.28. The number of hydrogen-bond acceptors (Lipinski definition) is 2. The first-order valence-corrected chi connectivity index (χ1v) is 8.04. The fourth-order valence-corrected chi connectivity index (χ4v) is 2.13. The number of carbonyl (C=O) groups is 2. The van der Waals surface area contributed by atoms with E-state index in [0.717, 1.165) is 0 Å². The van der Waals surface area contributed by atoms with Gasteiger partial charge in [0.2, 0.25) is 0 Å². The lowest BCUT2D eigenvalue weighted by Gasteiger charge is -2.13. The lowest BCUT2D eigenvalue weighted by atomic mass is 10.1. The van der Waals surface area contributed by atoms with Crippen molar-refractivity contribution in [2.75, 3.05) is 17.2 Å². The number of para-hydroxylation sites is 1. The highest BCUT2D eigenvalue weighted by atomic mass is 35.5. The molecule has 0 radical (unpaired) electrons. The van der Waals surface area contributed by atoms with Crippen molar-refractivity contribution in [2.45, 2.75) is 13.8 Å². The van der Waals surface area contributed by atoms with Gasteiger partial charge in [-0.2, -0.15) is 0 Å². The molecule has 126 valence electrons. The van der Waals surface area contributed by atoms with E-state index in [2.05, 4.69) is 16.0 Å². The van der Waals surface area contributed by atoms with E-state index in [1.54, 1.807) is 48.5 Å². The fourth-order valence-electron chi connectivity index (χ4n) is 2.00. The molecule has 2 rings (SSSR count). The second-order valence-electron chi connectivity index (χ2n) is 5.74. The van der Waals surface area contributed by atoms with Gasteiger partial charge in [-0.05, 0) is 42.3 Å². The van der Waals surface area contributed by atoms with Crippen LogP contribution in [0.1, 0.15) is 24.2 Å². The molecular weight excluding hydrogens is 326 g/mol. The third-order valence-electron chi connectivity index (χ3n) is 3.19. The predicted octanol–water partition coefficient (Wildman–Crippen LogP) is 4.37. The number of nitrogens with one attached hydrogen (secondary N) is 3. The fraction of sp³-hybridized carbons (Fsp3) is 0.222. The SMILES string of the molecule is CC(C)CNC(=O)c1ccccc1NC(=O)Nc1ccc(Cl)cc1. The number of halogens is 1. The summed E-state index contributed by atoms with van der Waals surface area (Å²) in [4.78, 5) is 24.4. The number of urea groups is 1. The van der Waals surface area contributed by atoms with Crippen molar-refractivity contribution in [1.29, 1.82) is 0 Å². The molecule has 0 spiro atoms. The molecule has 0 saturated carbocycles. The third-order valence-corrected chi connectivity index (χ3v) is 3.44. The number of hydrogen-bond donors (Lipinski definition) is 3. The van der Waals surface area contributed by atoms with Gasteiger partial charge in [-0.3, -0.25) is 4.79 Å². The Hall–Kier alpha value is -2.53. The van der Waals surface area contributed by atoms with Crippen molar-refractivity contribution in [3.8, 4) is 0 Å². The van der Waals surface area contributed by atoms with E-state index < -0.39 is 6.03 Å². The predicted molar refractivity (Wildman–Crippen MR) is 97.7 cm³/mol. The quantitative estimate of drug-likeness (QED) is 0.753. The molecular formula is C18H20ClN3O2. The monoisotopic (exact) mass is 345 g/mol. The highest BCUT2D eigenvalue weighted by molar-refractivity contribution is 6.30. The van der Waals surface area contributed by atoms with E-state index in [1.807, 2.05) is 13.8 Å². The largest absolute Gasteiger partial charge is 0.352 e. The van der Waals surface area contributed by atoms with E-state index in [4.69, 9.17) is 11.6 Å². The van der Waals surface area contributed by atoms with Gasteiger partial charge in [0, 0.05) is 17.3 Å². The number of benzene rings is 2. The minimum absolute atomic E-state index is 0.217. The average molecular weight is 346 g/mol. The van der Waals surface area contributed by atoms with Crippen molar-refractivity contribution in [2.24, 2.45) is 5.92 Å². The minimum atomic E-state index is -0.429.